The minimum atomic E-state index is -3.59. The molecule has 0 saturated heterocycles. The number of benzene rings is 1. The van der Waals surface area contributed by atoms with Crippen molar-refractivity contribution in [3.63, 3.8) is 0 Å². The Morgan fingerprint density at radius 2 is 1.50 bits per heavy atom. The molecule has 0 aromatic heterocycles. The first-order chi connectivity index (χ1) is 7.96. The summed E-state index contributed by atoms with van der Waals surface area (Å²) in [6.07, 6.45) is 0. The van der Waals surface area contributed by atoms with E-state index in [2.05, 4.69) is 68.4 Å². The van der Waals surface area contributed by atoms with Gasteiger partial charge in [-0.1, -0.05) is 0 Å². The number of halogens is 4. The lowest BCUT2D eigenvalue weighted by Crippen LogP contribution is -2.40. The van der Waals surface area contributed by atoms with E-state index in [1.807, 2.05) is 0 Å². The topological polar surface area (TPSA) is 46.2 Å². The van der Waals surface area contributed by atoms with Crippen molar-refractivity contribution in [2.24, 2.45) is 0 Å². The van der Waals surface area contributed by atoms with Crippen molar-refractivity contribution in [1.82, 2.24) is 4.72 Å². The highest BCUT2D eigenvalue weighted by Crippen LogP contribution is 2.40. The van der Waals surface area contributed by atoms with Crippen molar-refractivity contribution in [3.05, 3.63) is 24.0 Å². The van der Waals surface area contributed by atoms with Gasteiger partial charge in [0.2, 0.25) is 10.0 Å². The molecule has 3 nitrogen and oxygen atoms in total. The average molecular weight is 529 g/mol. The fraction of sp³-hybridized carbons (Fsp3) is 0.400. The number of hydrogen-bond donors (Lipinski definition) is 1. The molecule has 0 aliphatic rings. The predicted octanol–water partition coefficient (Wildman–Crippen LogP) is 4.81. The monoisotopic (exact) mass is 525 g/mol. The molecule has 1 rings (SSSR count). The molecule has 0 bridgehead atoms. The van der Waals surface area contributed by atoms with Gasteiger partial charge in [0.1, 0.15) is 0 Å². The van der Waals surface area contributed by atoms with Gasteiger partial charge in [0.25, 0.3) is 0 Å². The quantitative estimate of drug-likeness (QED) is 0.442. The first-order valence-corrected chi connectivity index (χ1v) is 9.48. The third-order valence-electron chi connectivity index (χ3n) is 1.80. The van der Waals surface area contributed by atoms with Crippen LogP contribution in [0.4, 0.5) is 0 Å². The third kappa shape index (κ3) is 4.02. The Labute approximate surface area is 141 Å². The first kappa shape index (κ1) is 17.1. The molecule has 102 valence electrons. The number of hydrogen-bond acceptors (Lipinski definition) is 2. The lowest BCUT2D eigenvalue weighted by molar-refractivity contribution is 0.491. The average Bonchev–Trinajstić information content (AvgIpc) is 2.16. The van der Waals surface area contributed by atoms with E-state index in [0.717, 1.165) is 4.47 Å². The van der Waals surface area contributed by atoms with Gasteiger partial charge in [-0.2, -0.15) is 0 Å². The van der Waals surface area contributed by atoms with E-state index >= 15 is 0 Å². The van der Waals surface area contributed by atoms with Crippen LogP contribution in [0.1, 0.15) is 20.8 Å². The zero-order chi connectivity index (χ0) is 14.3. The molecule has 0 heterocycles. The third-order valence-corrected chi connectivity index (χ3v) is 8.51. The highest BCUT2D eigenvalue weighted by Gasteiger charge is 2.26. The molecule has 0 fully saturated rings. The summed E-state index contributed by atoms with van der Waals surface area (Å²) < 4.78 is 29.7. The van der Waals surface area contributed by atoms with Crippen molar-refractivity contribution in [1.29, 1.82) is 0 Å². The molecule has 0 radical (unpaired) electrons. The van der Waals surface area contributed by atoms with Crippen LogP contribution in [0.25, 0.3) is 0 Å². The molecule has 0 aliphatic heterocycles. The molecule has 8 heteroatoms. The van der Waals surface area contributed by atoms with Crippen LogP contribution in [-0.2, 0) is 10.0 Å². The minimum Gasteiger partial charge on any atom is -0.207 e. The Balaban J connectivity index is 3.44. The molecule has 0 amide bonds. The Kier molecular flexibility index (Phi) is 5.52. The van der Waals surface area contributed by atoms with Crippen LogP contribution in [0.15, 0.2) is 28.9 Å². The fourth-order valence-corrected chi connectivity index (χ4v) is 5.67. The zero-order valence-electron chi connectivity index (χ0n) is 9.81. The standard InChI is InChI=1S/C10H11Br4NO2S/c1-10(2,3)15-18(16,17)6-4-5(11)7(12)9(14)8(6)13/h4,15H,1-3H3. The van der Waals surface area contributed by atoms with Gasteiger partial charge in [0, 0.05) is 19.0 Å². The normalized spacial score (nSPS) is 12.8. The van der Waals surface area contributed by atoms with E-state index in [0.29, 0.717) is 13.4 Å². The van der Waals surface area contributed by atoms with E-state index in [4.69, 9.17) is 0 Å². The van der Waals surface area contributed by atoms with Gasteiger partial charge in [-0.15, -0.1) is 0 Å². The number of rotatable bonds is 2. The molecule has 0 saturated carbocycles. The van der Waals surface area contributed by atoms with Crippen molar-refractivity contribution >= 4 is 73.7 Å². The van der Waals surface area contributed by atoms with Gasteiger partial charge in [-0.25, -0.2) is 13.1 Å². The van der Waals surface area contributed by atoms with Crippen LogP contribution in [0.2, 0.25) is 0 Å². The van der Waals surface area contributed by atoms with Crippen molar-refractivity contribution in [3.8, 4) is 0 Å². The van der Waals surface area contributed by atoms with Gasteiger partial charge in [-0.05, 0) is 90.6 Å². The summed E-state index contributed by atoms with van der Waals surface area (Å²) in [5.41, 5.74) is -0.537. The van der Waals surface area contributed by atoms with Crippen LogP contribution >= 0.6 is 63.7 Å². The molecule has 1 aromatic carbocycles. The molecular formula is C10H11Br4NO2S. The maximum atomic E-state index is 12.3. The Morgan fingerprint density at radius 3 is 1.94 bits per heavy atom. The zero-order valence-corrected chi connectivity index (χ0v) is 17.0. The second-order valence-electron chi connectivity index (χ2n) is 4.65. The molecule has 18 heavy (non-hydrogen) atoms. The number of nitrogens with one attached hydrogen (secondary N) is 1. The van der Waals surface area contributed by atoms with Crippen LogP contribution in [0, 0.1) is 0 Å². The second kappa shape index (κ2) is 5.81. The molecule has 0 unspecified atom stereocenters. The van der Waals surface area contributed by atoms with Crippen LogP contribution in [0.3, 0.4) is 0 Å². The summed E-state index contributed by atoms with van der Waals surface area (Å²) >= 11 is 13.3. The molecule has 0 spiro atoms. The Bertz CT molecular complexity index is 579. The van der Waals surface area contributed by atoms with Crippen LogP contribution in [-0.4, -0.2) is 14.0 Å². The highest BCUT2D eigenvalue weighted by molar-refractivity contribution is 9.15. The van der Waals surface area contributed by atoms with E-state index in [1.165, 1.54) is 0 Å². The number of sulfonamides is 1. The molecular weight excluding hydrogens is 518 g/mol. The Morgan fingerprint density at radius 1 is 1.00 bits per heavy atom. The second-order valence-corrected chi connectivity index (χ2v) is 9.54. The van der Waals surface area contributed by atoms with Crippen molar-refractivity contribution in [2.75, 3.05) is 0 Å². The predicted molar refractivity (Wildman–Crippen MR) is 87.3 cm³/mol. The van der Waals surface area contributed by atoms with E-state index in [9.17, 15) is 8.42 Å². The minimum absolute atomic E-state index is 0.180. The SMILES string of the molecule is CC(C)(C)NS(=O)(=O)c1cc(Br)c(Br)c(Br)c1Br. The van der Waals surface area contributed by atoms with E-state index in [-0.39, 0.29) is 4.90 Å². The maximum Gasteiger partial charge on any atom is 0.242 e. The largest absolute Gasteiger partial charge is 0.242 e. The lowest BCUT2D eigenvalue weighted by atomic mass is 10.1. The lowest BCUT2D eigenvalue weighted by Gasteiger charge is -2.21. The molecule has 1 aromatic rings. The smallest absolute Gasteiger partial charge is 0.207 e. The summed E-state index contributed by atoms with van der Waals surface area (Å²) in [5.74, 6) is 0. The van der Waals surface area contributed by atoms with Crippen molar-refractivity contribution < 1.29 is 8.42 Å². The van der Waals surface area contributed by atoms with E-state index < -0.39 is 15.6 Å². The summed E-state index contributed by atoms with van der Waals surface area (Å²) in [4.78, 5) is 0.180. The van der Waals surface area contributed by atoms with Gasteiger partial charge in [0.15, 0.2) is 0 Å². The highest BCUT2D eigenvalue weighted by atomic mass is 79.9. The van der Waals surface area contributed by atoms with Crippen LogP contribution in [0.5, 0.6) is 0 Å². The molecule has 0 atom stereocenters. The summed E-state index contributed by atoms with van der Waals surface area (Å²) in [7, 11) is -3.59. The van der Waals surface area contributed by atoms with Gasteiger partial charge in [0.05, 0.1) is 9.37 Å². The first-order valence-electron chi connectivity index (χ1n) is 4.82. The Hall–Kier alpha value is 1.05. The maximum absolute atomic E-state index is 12.3. The summed E-state index contributed by atoms with van der Waals surface area (Å²) in [6.45, 7) is 5.38. The van der Waals surface area contributed by atoms with E-state index in [1.54, 1.807) is 26.8 Å². The van der Waals surface area contributed by atoms with Gasteiger partial charge < -0.3 is 0 Å². The summed E-state index contributed by atoms with van der Waals surface area (Å²) in [6, 6.07) is 1.55. The van der Waals surface area contributed by atoms with Crippen LogP contribution < -0.4 is 4.72 Å². The van der Waals surface area contributed by atoms with Crippen molar-refractivity contribution in [2.45, 2.75) is 31.2 Å². The van der Waals surface area contributed by atoms with Gasteiger partial charge in [-0.3, -0.25) is 0 Å². The molecule has 1 N–H and O–H groups in total. The summed E-state index contributed by atoms with van der Waals surface area (Å²) in [5, 5.41) is 0. The molecule has 0 aliphatic carbocycles. The fourth-order valence-electron chi connectivity index (χ4n) is 1.20. The van der Waals surface area contributed by atoms with Gasteiger partial charge >= 0.3 is 0 Å².